The highest BCUT2D eigenvalue weighted by atomic mass is 16.3. The summed E-state index contributed by atoms with van der Waals surface area (Å²) in [4.78, 5) is 37.0. The Bertz CT molecular complexity index is 619. The van der Waals surface area contributed by atoms with Crippen LogP contribution < -0.4 is 5.32 Å². The Morgan fingerprint density at radius 1 is 1.33 bits per heavy atom. The molecule has 3 rings (SSSR count). The maximum absolute atomic E-state index is 12.8. The molecule has 2 fully saturated rings. The van der Waals surface area contributed by atoms with Gasteiger partial charge in [0.1, 0.15) is 0 Å². The maximum atomic E-state index is 12.8. The minimum absolute atomic E-state index is 0.0282. The Hall–Kier alpha value is -2.22. The molecule has 3 heterocycles. The molecule has 2 aliphatic rings. The van der Waals surface area contributed by atoms with Crippen LogP contribution in [-0.2, 0) is 4.79 Å². The molecule has 24 heavy (non-hydrogen) atoms. The number of amides is 2. The Morgan fingerprint density at radius 2 is 2.08 bits per heavy atom. The molecule has 2 saturated heterocycles. The number of aromatic nitrogens is 2. The minimum atomic E-state index is -0.491. The largest absolute Gasteiger partial charge is 0.395 e. The number of anilines is 1. The van der Waals surface area contributed by atoms with Gasteiger partial charge in [0, 0.05) is 45.6 Å². The summed E-state index contributed by atoms with van der Waals surface area (Å²) < 4.78 is 0. The Labute approximate surface area is 140 Å². The van der Waals surface area contributed by atoms with Gasteiger partial charge >= 0.3 is 0 Å². The van der Waals surface area contributed by atoms with Crippen LogP contribution in [0.4, 0.5) is 5.95 Å². The summed E-state index contributed by atoms with van der Waals surface area (Å²) in [6.45, 7) is 2.02. The number of nitrogens with zero attached hydrogens (tertiary/aromatic N) is 4. The molecule has 0 radical (unpaired) electrons. The first-order valence-corrected chi connectivity index (χ1v) is 8.29. The van der Waals surface area contributed by atoms with E-state index >= 15 is 0 Å². The van der Waals surface area contributed by atoms with Crippen LogP contribution in [0.15, 0.2) is 12.4 Å². The molecular weight excluding hydrogens is 310 g/mol. The van der Waals surface area contributed by atoms with E-state index in [0.717, 1.165) is 12.8 Å². The van der Waals surface area contributed by atoms with Gasteiger partial charge in [0.2, 0.25) is 11.9 Å². The number of rotatable bonds is 4. The van der Waals surface area contributed by atoms with Gasteiger partial charge in [-0.05, 0) is 19.3 Å². The molecule has 1 atom stereocenters. The molecule has 2 N–H and O–H groups in total. The van der Waals surface area contributed by atoms with Gasteiger partial charge in [0.15, 0.2) is 0 Å². The number of aliphatic hydroxyl groups excluding tert-OH is 1. The van der Waals surface area contributed by atoms with Gasteiger partial charge in [-0.25, -0.2) is 9.97 Å². The molecule has 1 aromatic heterocycles. The van der Waals surface area contributed by atoms with Crippen LogP contribution in [0.1, 0.15) is 29.6 Å². The van der Waals surface area contributed by atoms with Crippen LogP contribution in [0.3, 0.4) is 0 Å². The first-order valence-electron chi connectivity index (χ1n) is 8.29. The third-order valence-corrected chi connectivity index (χ3v) is 4.96. The average Bonchev–Trinajstić information content (AvgIpc) is 3.04. The summed E-state index contributed by atoms with van der Waals surface area (Å²) in [6, 6.07) is 0. The molecule has 0 aliphatic carbocycles. The monoisotopic (exact) mass is 333 g/mol. The summed E-state index contributed by atoms with van der Waals surface area (Å²) in [7, 11) is 1.72. The van der Waals surface area contributed by atoms with Crippen LogP contribution in [-0.4, -0.2) is 76.5 Å². The molecule has 8 nitrogen and oxygen atoms in total. The van der Waals surface area contributed by atoms with Crippen LogP contribution in [0.2, 0.25) is 0 Å². The van der Waals surface area contributed by atoms with Crippen molar-refractivity contribution in [2.45, 2.75) is 19.3 Å². The molecule has 0 aromatic carbocycles. The van der Waals surface area contributed by atoms with E-state index in [0.29, 0.717) is 44.1 Å². The van der Waals surface area contributed by atoms with Crippen LogP contribution >= 0.6 is 0 Å². The molecule has 2 amide bonds. The van der Waals surface area contributed by atoms with Gasteiger partial charge in [-0.3, -0.25) is 9.59 Å². The van der Waals surface area contributed by atoms with Crippen molar-refractivity contribution in [1.82, 2.24) is 19.8 Å². The topological polar surface area (TPSA) is 98.7 Å². The normalized spacial score (nSPS) is 23.8. The standard InChI is InChI=1S/C16H23N5O3/c1-17-15-18-9-12(10-19-15)13(23)21-6-4-16(11-21)3-2-5-20(7-8-22)14(16)24/h9-10,22H,2-8,11H2,1H3,(H,17,18,19)/t16-/m1/s1. The number of hydrogen-bond acceptors (Lipinski definition) is 6. The van der Waals surface area contributed by atoms with E-state index < -0.39 is 5.41 Å². The summed E-state index contributed by atoms with van der Waals surface area (Å²) in [6.07, 6.45) is 5.40. The first kappa shape index (κ1) is 16.6. The smallest absolute Gasteiger partial charge is 0.257 e. The van der Waals surface area contributed by atoms with Crippen LogP contribution in [0.25, 0.3) is 0 Å². The van der Waals surface area contributed by atoms with Crippen molar-refractivity contribution < 1.29 is 14.7 Å². The molecule has 1 spiro atoms. The zero-order chi connectivity index (χ0) is 17.2. The molecule has 0 saturated carbocycles. The zero-order valence-electron chi connectivity index (χ0n) is 13.9. The number of β-amino-alcohol motifs (C(OH)–C–C–N with tert-alkyl or cyclic N) is 1. The summed E-state index contributed by atoms with van der Waals surface area (Å²) in [5.41, 5.74) is -0.0593. The number of carbonyl (C=O) groups is 2. The predicted octanol–water partition coefficient (Wildman–Crippen LogP) is -0.0347. The fourth-order valence-electron chi connectivity index (χ4n) is 3.66. The van der Waals surface area contributed by atoms with E-state index in [9.17, 15) is 9.59 Å². The average molecular weight is 333 g/mol. The lowest BCUT2D eigenvalue weighted by atomic mass is 9.78. The van der Waals surface area contributed by atoms with E-state index in [1.807, 2.05) is 0 Å². The first-order chi connectivity index (χ1) is 11.6. The van der Waals surface area contributed by atoms with Gasteiger partial charge in [0.05, 0.1) is 17.6 Å². The van der Waals surface area contributed by atoms with Crippen molar-refractivity contribution in [3.05, 3.63) is 18.0 Å². The van der Waals surface area contributed by atoms with Crippen molar-refractivity contribution in [3.63, 3.8) is 0 Å². The number of aliphatic hydroxyl groups is 1. The molecule has 8 heteroatoms. The number of likely N-dealkylation sites (tertiary alicyclic amines) is 2. The number of nitrogens with one attached hydrogen (secondary N) is 1. The summed E-state index contributed by atoms with van der Waals surface area (Å²) in [5, 5.41) is 11.9. The van der Waals surface area contributed by atoms with Crippen molar-refractivity contribution in [3.8, 4) is 0 Å². The summed E-state index contributed by atoms with van der Waals surface area (Å²) in [5.74, 6) is 0.396. The number of piperidine rings is 1. The molecule has 130 valence electrons. The molecular formula is C16H23N5O3. The predicted molar refractivity (Wildman–Crippen MR) is 87.4 cm³/mol. The van der Waals surface area contributed by atoms with Gasteiger partial charge in [-0.15, -0.1) is 0 Å². The van der Waals surface area contributed by atoms with Crippen molar-refractivity contribution >= 4 is 17.8 Å². The maximum Gasteiger partial charge on any atom is 0.257 e. The lowest BCUT2D eigenvalue weighted by molar-refractivity contribution is -0.146. The SMILES string of the molecule is CNc1ncc(C(=O)N2CC[C@]3(CCCN(CCO)C3=O)C2)cn1. The van der Waals surface area contributed by atoms with Gasteiger partial charge in [-0.1, -0.05) is 0 Å². The Balaban J connectivity index is 1.71. The summed E-state index contributed by atoms with van der Waals surface area (Å²) >= 11 is 0. The molecule has 0 bridgehead atoms. The fourth-order valence-corrected chi connectivity index (χ4v) is 3.66. The number of carbonyl (C=O) groups excluding carboxylic acids is 2. The lowest BCUT2D eigenvalue weighted by Gasteiger charge is -2.39. The highest BCUT2D eigenvalue weighted by Crippen LogP contribution is 2.40. The van der Waals surface area contributed by atoms with Crippen LogP contribution in [0, 0.1) is 5.41 Å². The third kappa shape index (κ3) is 2.93. The van der Waals surface area contributed by atoms with Crippen molar-refractivity contribution in [2.24, 2.45) is 5.41 Å². The Kier molecular flexibility index (Phi) is 4.66. The zero-order valence-corrected chi connectivity index (χ0v) is 13.9. The molecule has 1 aromatic rings. The highest BCUT2D eigenvalue weighted by molar-refractivity contribution is 5.95. The molecule has 0 unspecified atom stereocenters. The molecule has 2 aliphatic heterocycles. The quantitative estimate of drug-likeness (QED) is 0.803. The fraction of sp³-hybridized carbons (Fsp3) is 0.625. The van der Waals surface area contributed by atoms with E-state index in [1.54, 1.807) is 16.8 Å². The van der Waals surface area contributed by atoms with Gasteiger partial charge in [-0.2, -0.15) is 0 Å². The Morgan fingerprint density at radius 3 is 2.75 bits per heavy atom. The number of hydrogen-bond donors (Lipinski definition) is 2. The minimum Gasteiger partial charge on any atom is -0.395 e. The van der Waals surface area contributed by atoms with E-state index in [1.165, 1.54) is 12.4 Å². The van der Waals surface area contributed by atoms with Gasteiger partial charge in [0.25, 0.3) is 5.91 Å². The second-order valence-electron chi connectivity index (χ2n) is 6.42. The van der Waals surface area contributed by atoms with Crippen molar-refractivity contribution in [2.75, 3.05) is 45.2 Å². The second-order valence-corrected chi connectivity index (χ2v) is 6.42. The van der Waals surface area contributed by atoms with E-state index in [-0.39, 0.29) is 18.4 Å². The lowest BCUT2D eigenvalue weighted by Crippen LogP contribution is -2.51. The third-order valence-electron chi connectivity index (χ3n) is 4.96. The van der Waals surface area contributed by atoms with E-state index in [4.69, 9.17) is 5.11 Å². The highest BCUT2D eigenvalue weighted by Gasteiger charge is 2.49. The second kappa shape index (κ2) is 6.72. The van der Waals surface area contributed by atoms with E-state index in [2.05, 4.69) is 15.3 Å². The van der Waals surface area contributed by atoms with Gasteiger partial charge < -0.3 is 20.2 Å². The van der Waals surface area contributed by atoms with Crippen molar-refractivity contribution in [1.29, 1.82) is 0 Å². The van der Waals surface area contributed by atoms with Crippen LogP contribution in [0.5, 0.6) is 0 Å².